The number of carboxylic acids is 1. The minimum atomic E-state index is -1.16. The minimum Gasteiger partial charge on any atom is -0.475 e. The molecule has 0 aliphatic carbocycles. The van der Waals surface area contributed by atoms with Gasteiger partial charge in [-0.2, -0.15) is 0 Å². The molecule has 1 aromatic rings. The molecule has 0 aliphatic heterocycles. The number of amides is 3. The second kappa shape index (κ2) is 7.32. The molecule has 0 saturated heterocycles. The number of carbonyl (C=O) groups is 3. The third-order valence-electron chi connectivity index (χ3n) is 2.87. The molecule has 8 heteroatoms. The summed E-state index contributed by atoms with van der Waals surface area (Å²) in [6.07, 6.45) is 0. The summed E-state index contributed by atoms with van der Waals surface area (Å²) in [6.45, 7) is 2.06. The van der Waals surface area contributed by atoms with Gasteiger partial charge in [-0.25, -0.2) is 9.59 Å². The predicted octanol–water partition coefficient (Wildman–Crippen LogP) is 0.501. The van der Waals surface area contributed by atoms with Gasteiger partial charge in [0.2, 0.25) is 11.7 Å². The number of rotatable bonds is 6. The Bertz CT molecular complexity index is 526. The number of urea groups is 1. The highest BCUT2D eigenvalue weighted by molar-refractivity contribution is 5.84. The summed E-state index contributed by atoms with van der Waals surface area (Å²) in [5.41, 5.74) is 0. The second-order valence-corrected chi connectivity index (χ2v) is 4.63. The average molecular weight is 297 g/mol. The van der Waals surface area contributed by atoms with Crippen LogP contribution in [0.25, 0.3) is 0 Å². The Hall–Kier alpha value is -2.51. The molecular formula is C13H19N3O5. The molecule has 3 amide bonds. The van der Waals surface area contributed by atoms with Crippen LogP contribution in [0, 0.1) is 5.92 Å². The first-order valence-electron chi connectivity index (χ1n) is 6.37. The van der Waals surface area contributed by atoms with E-state index in [-0.39, 0.29) is 36.7 Å². The maximum Gasteiger partial charge on any atom is 0.371 e. The van der Waals surface area contributed by atoms with E-state index in [4.69, 9.17) is 9.52 Å². The summed E-state index contributed by atoms with van der Waals surface area (Å²) < 4.78 is 5.02. The van der Waals surface area contributed by atoms with Crippen molar-refractivity contribution in [2.45, 2.75) is 13.5 Å². The van der Waals surface area contributed by atoms with E-state index in [0.29, 0.717) is 5.76 Å². The molecule has 0 bridgehead atoms. The topological polar surface area (TPSA) is 112 Å². The third kappa shape index (κ3) is 4.83. The zero-order chi connectivity index (χ0) is 16.0. The molecule has 0 aliphatic rings. The molecule has 8 nitrogen and oxygen atoms in total. The monoisotopic (exact) mass is 297 g/mol. The van der Waals surface area contributed by atoms with Crippen molar-refractivity contribution in [1.82, 2.24) is 15.5 Å². The van der Waals surface area contributed by atoms with Crippen molar-refractivity contribution in [3.8, 4) is 0 Å². The van der Waals surface area contributed by atoms with Gasteiger partial charge in [0.15, 0.2) is 0 Å². The number of furan rings is 1. The standard InChI is InChI=1S/C13H19N3O5/c1-8(11(17)14-2)7-16(3)13(20)15-6-9-4-5-10(21-9)12(18)19/h4-5,8H,6-7H2,1-3H3,(H,14,17)(H,15,20)(H,18,19). The van der Waals surface area contributed by atoms with E-state index in [0.717, 1.165) is 0 Å². The molecule has 1 rings (SSSR count). The Balaban J connectivity index is 2.45. The van der Waals surface area contributed by atoms with Crippen LogP contribution in [0.1, 0.15) is 23.2 Å². The van der Waals surface area contributed by atoms with Crippen LogP contribution in [0.15, 0.2) is 16.5 Å². The van der Waals surface area contributed by atoms with E-state index in [1.807, 2.05) is 0 Å². The highest BCUT2D eigenvalue weighted by atomic mass is 16.4. The molecule has 0 spiro atoms. The van der Waals surface area contributed by atoms with Crippen LogP contribution in [0.2, 0.25) is 0 Å². The molecule has 116 valence electrons. The number of hydrogen-bond acceptors (Lipinski definition) is 4. The Morgan fingerprint density at radius 2 is 2.05 bits per heavy atom. The van der Waals surface area contributed by atoms with E-state index in [1.165, 1.54) is 24.1 Å². The summed E-state index contributed by atoms with van der Waals surface area (Å²) in [7, 11) is 3.11. The normalized spacial score (nSPS) is 11.6. The van der Waals surface area contributed by atoms with Crippen LogP contribution < -0.4 is 10.6 Å². The van der Waals surface area contributed by atoms with E-state index in [2.05, 4.69) is 10.6 Å². The van der Waals surface area contributed by atoms with Crippen molar-refractivity contribution >= 4 is 17.9 Å². The number of carbonyl (C=O) groups excluding carboxylic acids is 2. The lowest BCUT2D eigenvalue weighted by atomic mass is 10.1. The zero-order valence-corrected chi connectivity index (χ0v) is 12.2. The van der Waals surface area contributed by atoms with Gasteiger partial charge in [-0.1, -0.05) is 6.92 Å². The summed E-state index contributed by atoms with van der Waals surface area (Å²) in [5.74, 6) is -1.47. The van der Waals surface area contributed by atoms with Crippen molar-refractivity contribution in [3.05, 3.63) is 23.7 Å². The molecule has 1 heterocycles. The quantitative estimate of drug-likeness (QED) is 0.708. The van der Waals surface area contributed by atoms with Crippen molar-refractivity contribution in [2.24, 2.45) is 5.92 Å². The minimum absolute atomic E-state index is 0.0742. The Labute approximate surface area is 122 Å². The molecule has 1 unspecified atom stereocenters. The lowest BCUT2D eigenvalue weighted by Gasteiger charge is -2.20. The molecule has 0 fully saturated rings. The summed E-state index contributed by atoms with van der Waals surface area (Å²) in [6, 6.07) is 2.43. The summed E-state index contributed by atoms with van der Waals surface area (Å²) in [4.78, 5) is 35.2. The van der Waals surface area contributed by atoms with Gasteiger partial charge in [0, 0.05) is 20.6 Å². The van der Waals surface area contributed by atoms with Crippen LogP contribution in [0.3, 0.4) is 0 Å². The number of nitrogens with zero attached hydrogens (tertiary/aromatic N) is 1. The average Bonchev–Trinajstić information content (AvgIpc) is 2.92. The first kappa shape index (κ1) is 16.5. The number of hydrogen-bond donors (Lipinski definition) is 3. The van der Waals surface area contributed by atoms with Gasteiger partial charge in [-0.05, 0) is 12.1 Å². The van der Waals surface area contributed by atoms with E-state index in [9.17, 15) is 14.4 Å². The highest BCUT2D eigenvalue weighted by Gasteiger charge is 2.17. The van der Waals surface area contributed by atoms with Gasteiger partial charge < -0.3 is 25.1 Å². The lowest BCUT2D eigenvalue weighted by molar-refractivity contribution is -0.124. The van der Waals surface area contributed by atoms with Gasteiger partial charge in [-0.3, -0.25) is 4.79 Å². The third-order valence-corrected chi connectivity index (χ3v) is 2.87. The van der Waals surface area contributed by atoms with E-state index < -0.39 is 5.97 Å². The van der Waals surface area contributed by atoms with Crippen LogP contribution in [-0.2, 0) is 11.3 Å². The first-order chi connectivity index (χ1) is 9.85. The Morgan fingerprint density at radius 1 is 1.38 bits per heavy atom. The molecule has 0 aromatic carbocycles. The number of carboxylic acid groups (broad SMARTS) is 1. The molecule has 1 aromatic heterocycles. The fourth-order valence-corrected chi connectivity index (χ4v) is 1.71. The SMILES string of the molecule is CNC(=O)C(C)CN(C)C(=O)NCc1ccc(C(=O)O)o1. The number of aromatic carboxylic acids is 1. The molecule has 1 atom stereocenters. The van der Waals surface area contributed by atoms with Gasteiger partial charge in [0.05, 0.1) is 12.5 Å². The Morgan fingerprint density at radius 3 is 2.57 bits per heavy atom. The zero-order valence-electron chi connectivity index (χ0n) is 12.2. The maximum absolute atomic E-state index is 11.8. The van der Waals surface area contributed by atoms with Gasteiger partial charge in [0.1, 0.15) is 5.76 Å². The van der Waals surface area contributed by atoms with Gasteiger partial charge in [-0.15, -0.1) is 0 Å². The molecule has 21 heavy (non-hydrogen) atoms. The van der Waals surface area contributed by atoms with Gasteiger partial charge in [0.25, 0.3) is 0 Å². The van der Waals surface area contributed by atoms with Crippen molar-refractivity contribution in [2.75, 3.05) is 20.6 Å². The first-order valence-corrected chi connectivity index (χ1v) is 6.37. The van der Waals surface area contributed by atoms with Crippen molar-refractivity contribution in [3.63, 3.8) is 0 Å². The van der Waals surface area contributed by atoms with E-state index in [1.54, 1.807) is 14.0 Å². The predicted molar refractivity (Wildman–Crippen MR) is 73.8 cm³/mol. The number of nitrogens with one attached hydrogen (secondary N) is 2. The molecule has 0 saturated carbocycles. The second-order valence-electron chi connectivity index (χ2n) is 4.63. The van der Waals surface area contributed by atoms with Crippen molar-refractivity contribution < 1.29 is 23.9 Å². The smallest absolute Gasteiger partial charge is 0.371 e. The molecule has 3 N–H and O–H groups in total. The molecular weight excluding hydrogens is 278 g/mol. The van der Waals surface area contributed by atoms with Crippen LogP contribution >= 0.6 is 0 Å². The van der Waals surface area contributed by atoms with Gasteiger partial charge >= 0.3 is 12.0 Å². The Kier molecular flexibility index (Phi) is 5.77. The van der Waals surface area contributed by atoms with Crippen LogP contribution in [0.5, 0.6) is 0 Å². The highest BCUT2D eigenvalue weighted by Crippen LogP contribution is 2.07. The van der Waals surface area contributed by atoms with Crippen molar-refractivity contribution in [1.29, 1.82) is 0 Å². The fourth-order valence-electron chi connectivity index (χ4n) is 1.71. The summed E-state index contributed by atoms with van der Waals surface area (Å²) in [5, 5.41) is 13.8. The molecule has 0 radical (unpaired) electrons. The fraction of sp³-hybridized carbons (Fsp3) is 0.462. The summed E-state index contributed by atoms with van der Waals surface area (Å²) >= 11 is 0. The lowest BCUT2D eigenvalue weighted by Crippen LogP contribution is -2.42. The van der Waals surface area contributed by atoms with Crippen LogP contribution in [0.4, 0.5) is 4.79 Å². The largest absolute Gasteiger partial charge is 0.475 e. The van der Waals surface area contributed by atoms with E-state index >= 15 is 0 Å². The maximum atomic E-state index is 11.8. The van der Waals surface area contributed by atoms with Crippen LogP contribution in [-0.4, -0.2) is 48.6 Å².